The van der Waals surface area contributed by atoms with Gasteiger partial charge in [0.05, 0.1) is 6.61 Å². The molecule has 0 aromatic carbocycles. The Labute approximate surface area is 75.5 Å². The minimum absolute atomic E-state index is 0.00270. The number of ether oxygens (including phenoxy) is 1. The quantitative estimate of drug-likeness (QED) is 0.412. The van der Waals surface area contributed by atoms with Gasteiger partial charge in [0.2, 0.25) is 4.87 Å². The molecular weight excluding hydrogens is 184 g/mol. The highest BCUT2D eigenvalue weighted by molar-refractivity contribution is 6.44. The third kappa shape index (κ3) is 2.11. The second-order valence-corrected chi connectivity index (χ2v) is 2.83. The highest BCUT2D eigenvalue weighted by atomic mass is 35.5. The molecule has 70 valence electrons. The lowest BCUT2D eigenvalue weighted by molar-refractivity contribution is -0.156. The molecular formula is C7H11ClO4. The summed E-state index contributed by atoms with van der Waals surface area (Å²) in [6.07, 6.45) is 0.00270. The summed E-state index contributed by atoms with van der Waals surface area (Å²) in [5.41, 5.74) is 0. The van der Waals surface area contributed by atoms with Crippen molar-refractivity contribution in [1.82, 2.24) is 0 Å². The van der Waals surface area contributed by atoms with Crippen molar-refractivity contribution in [2.24, 2.45) is 0 Å². The molecule has 0 fully saturated rings. The normalized spacial score (nSPS) is 14.9. The maximum absolute atomic E-state index is 11.0. The van der Waals surface area contributed by atoms with E-state index in [4.69, 9.17) is 16.7 Å². The van der Waals surface area contributed by atoms with Crippen LogP contribution in [0.25, 0.3) is 0 Å². The van der Waals surface area contributed by atoms with Crippen molar-refractivity contribution in [3.63, 3.8) is 0 Å². The minimum Gasteiger partial charge on any atom is -0.479 e. The Kier molecular flexibility index (Phi) is 4.03. The van der Waals surface area contributed by atoms with E-state index in [1.54, 1.807) is 6.92 Å². The lowest BCUT2D eigenvalue weighted by Crippen LogP contribution is -2.41. The Morgan fingerprint density at radius 2 is 2.00 bits per heavy atom. The van der Waals surface area contributed by atoms with Gasteiger partial charge in [-0.05, 0) is 13.3 Å². The molecule has 0 heterocycles. The molecule has 0 saturated carbocycles. The summed E-state index contributed by atoms with van der Waals surface area (Å²) in [5, 5.41) is 8.60. The number of carbonyl (C=O) groups is 2. The average molecular weight is 195 g/mol. The fourth-order valence-corrected chi connectivity index (χ4v) is 0.683. The van der Waals surface area contributed by atoms with Gasteiger partial charge in [-0.1, -0.05) is 18.5 Å². The molecule has 1 N–H and O–H groups in total. The molecule has 1 unspecified atom stereocenters. The summed E-state index contributed by atoms with van der Waals surface area (Å²) in [6, 6.07) is 0. The van der Waals surface area contributed by atoms with Crippen LogP contribution in [0.3, 0.4) is 0 Å². The summed E-state index contributed by atoms with van der Waals surface area (Å²) in [5.74, 6) is -2.27. The molecule has 5 heteroatoms. The van der Waals surface area contributed by atoms with Gasteiger partial charge in [0.1, 0.15) is 0 Å². The first-order chi connectivity index (χ1) is 5.49. The first-order valence-electron chi connectivity index (χ1n) is 3.58. The van der Waals surface area contributed by atoms with Crippen LogP contribution < -0.4 is 0 Å². The van der Waals surface area contributed by atoms with Gasteiger partial charge in [0.25, 0.3) is 0 Å². The fourth-order valence-electron chi connectivity index (χ4n) is 0.628. The van der Waals surface area contributed by atoms with Crippen molar-refractivity contribution < 1.29 is 19.4 Å². The molecule has 12 heavy (non-hydrogen) atoms. The second kappa shape index (κ2) is 4.30. The maximum Gasteiger partial charge on any atom is 0.338 e. The van der Waals surface area contributed by atoms with Crippen molar-refractivity contribution in [1.29, 1.82) is 0 Å². The number of carbonyl (C=O) groups excluding carboxylic acids is 1. The van der Waals surface area contributed by atoms with E-state index in [1.807, 2.05) is 0 Å². The predicted octanol–water partition coefficient (Wildman–Crippen LogP) is 1.02. The third-order valence-electron chi connectivity index (χ3n) is 1.43. The van der Waals surface area contributed by atoms with E-state index in [0.717, 1.165) is 0 Å². The maximum atomic E-state index is 11.0. The number of hydrogen-bond acceptors (Lipinski definition) is 3. The van der Waals surface area contributed by atoms with Crippen LogP contribution in [-0.2, 0) is 14.3 Å². The van der Waals surface area contributed by atoms with Crippen LogP contribution in [0.2, 0.25) is 0 Å². The van der Waals surface area contributed by atoms with Crippen LogP contribution in [0, 0.1) is 0 Å². The van der Waals surface area contributed by atoms with Crippen molar-refractivity contribution in [2.75, 3.05) is 6.61 Å². The van der Waals surface area contributed by atoms with Crippen LogP contribution in [-0.4, -0.2) is 28.5 Å². The zero-order valence-electron chi connectivity index (χ0n) is 6.96. The van der Waals surface area contributed by atoms with Gasteiger partial charge in [-0.15, -0.1) is 0 Å². The molecule has 0 aromatic heterocycles. The highest BCUT2D eigenvalue weighted by Crippen LogP contribution is 2.21. The van der Waals surface area contributed by atoms with Crippen molar-refractivity contribution >= 4 is 23.5 Å². The average Bonchev–Trinajstić information content (AvgIpc) is 2.03. The van der Waals surface area contributed by atoms with Gasteiger partial charge in [0, 0.05) is 0 Å². The van der Waals surface area contributed by atoms with E-state index in [0.29, 0.717) is 0 Å². The molecule has 1 atom stereocenters. The second-order valence-electron chi connectivity index (χ2n) is 2.18. The Balaban J connectivity index is 4.52. The van der Waals surface area contributed by atoms with Gasteiger partial charge < -0.3 is 9.84 Å². The standard InChI is InChI=1S/C7H11ClO4/c1-3-7(8,5(9)10)6(11)12-4-2/h3-4H2,1-2H3,(H,9,10). The smallest absolute Gasteiger partial charge is 0.338 e. The summed E-state index contributed by atoms with van der Waals surface area (Å²) < 4.78 is 4.51. The van der Waals surface area contributed by atoms with Crippen LogP contribution in [0.5, 0.6) is 0 Å². The Morgan fingerprint density at radius 1 is 1.50 bits per heavy atom. The Morgan fingerprint density at radius 3 is 2.25 bits per heavy atom. The van der Waals surface area contributed by atoms with Crippen molar-refractivity contribution in [3.8, 4) is 0 Å². The molecule has 4 nitrogen and oxygen atoms in total. The van der Waals surface area contributed by atoms with Gasteiger partial charge in [-0.3, -0.25) is 0 Å². The highest BCUT2D eigenvalue weighted by Gasteiger charge is 2.44. The van der Waals surface area contributed by atoms with Crippen LogP contribution >= 0.6 is 11.6 Å². The first kappa shape index (κ1) is 11.2. The predicted molar refractivity (Wildman–Crippen MR) is 43.1 cm³/mol. The van der Waals surface area contributed by atoms with Gasteiger partial charge >= 0.3 is 11.9 Å². The monoisotopic (exact) mass is 194 g/mol. The summed E-state index contributed by atoms with van der Waals surface area (Å²) >= 11 is 5.51. The van der Waals surface area contributed by atoms with E-state index in [1.165, 1.54) is 6.92 Å². The SMILES string of the molecule is CCOC(=O)C(Cl)(CC)C(=O)O. The number of rotatable bonds is 4. The molecule has 0 radical (unpaired) electrons. The van der Waals surface area contributed by atoms with Crippen molar-refractivity contribution in [3.05, 3.63) is 0 Å². The number of esters is 1. The van der Waals surface area contributed by atoms with E-state index >= 15 is 0 Å². The van der Waals surface area contributed by atoms with E-state index < -0.39 is 16.8 Å². The van der Waals surface area contributed by atoms with Crippen LogP contribution in [0.15, 0.2) is 0 Å². The van der Waals surface area contributed by atoms with E-state index in [-0.39, 0.29) is 13.0 Å². The molecule has 0 aliphatic rings. The Bertz CT molecular complexity index is 192. The number of alkyl halides is 1. The zero-order chi connectivity index (χ0) is 9.78. The number of halogens is 1. The van der Waals surface area contributed by atoms with Crippen LogP contribution in [0.1, 0.15) is 20.3 Å². The molecule has 0 saturated heterocycles. The molecule has 0 bridgehead atoms. The molecule has 0 aromatic rings. The van der Waals surface area contributed by atoms with Gasteiger partial charge in [0.15, 0.2) is 0 Å². The van der Waals surface area contributed by atoms with Crippen molar-refractivity contribution in [2.45, 2.75) is 25.1 Å². The molecule has 0 aliphatic carbocycles. The number of carboxylic acids is 1. The largest absolute Gasteiger partial charge is 0.479 e. The number of hydrogen-bond donors (Lipinski definition) is 1. The third-order valence-corrected chi connectivity index (χ3v) is 2.01. The molecule has 0 aliphatic heterocycles. The van der Waals surface area contributed by atoms with Gasteiger partial charge in [-0.25, -0.2) is 9.59 Å². The topological polar surface area (TPSA) is 63.6 Å². The number of aliphatic carboxylic acids is 1. The van der Waals surface area contributed by atoms with Gasteiger partial charge in [-0.2, -0.15) is 0 Å². The van der Waals surface area contributed by atoms with Crippen LogP contribution in [0.4, 0.5) is 0 Å². The Hall–Kier alpha value is -0.770. The molecule has 0 rings (SSSR count). The minimum atomic E-state index is -1.92. The summed E-state index contributed by atoms with van der Waals surface area (Å²) in [6.45, 7) is 3.23. The summed E-state index contributed by atoms with van der Waals surface area (Å²) in [4.78, 5) is 19.6. The van der Waals surface area contributed by atoms with E-state index in [9.17, 15) is 9.59 Å². The lowest BCUT2D eigenvalue weighted by Gasteiger charge is -2.17. The van der Waals surface area contributed by atoms with E-state index in [2.05, 4.69) is 4.74 Å². The first-order valence-corrected chi connectivity index (χ1v) is 3.96. The fraction of sp³-hybridized carbons (Fsp3) is 0.714. The lowest BCUT2D eigenvalue weighted by atomic mass is 10.1. The number of carboxylic acid groups (broad SMARTS) is 1. The molecule has 0 spiro atoms. The molecule has 0 amide bonds. The zero-order valence-corrected chi connectivity index (χ0v) is 7.72. The summed E-state index contributed by atoms with van der Waals surface area (Å²) in [7, 11) is 0.